The Kier molecular flexibility index (Phi) is 7.34. The lowest BCUT2D eigenvalue weighted by molar-refractivity contribution is -0.135. The highest BCUT2D eigenvalue weighted by molar-refractivity contribution is 5.89. The van der Waals surface area contributed by atoms with Gasteiger partial charge in [0.2, 0.25) is 11.8 Å². The van der Waals surface area contributed by atoms with Gasteiger partial charge in [-0.3, -0.25) is 9.59 Å². The lowest BCUT2D eigenvalue weighted by atomic mass is 10.1. The molecule has 1 atom stereocenters. The molecule has 1 aromatic carbocycles. The molecular weight excluding hydrogens is 382 g/mol. The maximum absolute atomic E-state index is 13.0. The van der Waals surface area contributed by atoms with Gasteiger partial charge in [0.05, 0.1) is 12.5 Å². The van der Waals surface area contributed by atoms with Crippen molar-refractivity contribution in [3.05, 3.63) is 35.4 Å². The maximum Gasteiger partial charge on any atom is 0.409 e. The number of hydrogen-bond donors (Lipinski definition) is 0. The number of nitrogens with zero attached hydrogens (tertiary/aromatic N) is 3. The third kappa shape index (κ3) is 5.74. The van der Waals surface area contributed by atoms with Crippen LogP contribution in [-0.2, 0) is 20.9 Å². The zero-order valence-electron chi connectivity index (χ0n) is 18.3. The standard InChI is InChI=1S/C23H33N3O4/c1-17(2)16-30-23(29)25-10-4-9-24(11-12-25)22(28)20-13-21(27)26(15-20)14-19-7-5-18(3)6-8-19/h5-8,17,20H,4,9-16H2,1-3H3. The summed E-state index contributed by atoms with van der Waals surface area (Å²) in [5, 5.41) is 0. The topological polar surface area (TPSA) is 70.2 Å². The number of carbonyl (C=O) groups excluding carboxylic acids is 3. The number of hydrogen-bond acceptors (Lipinski definition) is 4. The molecule has 3 rings (SSSR count). The van der Waals surface area contributed by atoms with Crippen LogP contribution in [-0.4, -0.2) is 71.9 Å². The first-order chi connectivity index (χ1) is 14.3. The largest absolute Gasteiger partial charge is 0.449 e. The van der Waals surface area contributed by atoms with E-state index in [1.54, 1.807) is 9.80 Å². The van der Waals surface area contributed by atoms with Crippen molar-refractivity contribution >= 4 is 17.9 Å². The van der Waals surface area contributed by atoms with Crippen molar-refractivity contribution in [3.63, 3.8) is 0 Å². The molecule has 0 N–H and O–H groups in total. The molecule has 0 aliphatic carbocycles. The minimum atomic E-state index is -0.307. The minimum Gasteiger partial charge on any atom is -0.449 e. The minimum absolute atomic E-state index is 0.0205. The number of likely N-dealkylation sites (tertiary alicyclic amines) is 1. The van der Waals surface area contributed by atoms with E-state index in [0.717, 1.165) is 12.0 Å². The van der Waals surface area contributed by atoms with E-state index in [2.05, 4.69) is 0 Å². The normalized spacial score (nSPS) is 19.9. The quantitative estimate of drug-likeness (QED) is 0.741. The van der Waals surface area contributed by atoms with Crippen LogP contribution in [0.1, 0.15) is 37.8 Å². The second kappa shape index (κ2) is 9.96. The summed E-state index contributed by atoms with van der Waals surface area (Å²) in [5.41, 5.74) is 2.26. The number of carbonyl (C=O) groups is 3. The first-order valence-corrected chi connectivity index (χ1v) is 10.9. The Morgan fingerprint density at radius 1 is 1.07 bits per heavy atom. The van der Waals surface area contributed by atoms with E-state index in [0.29, 0.717) is 51.8 Å². The molecule has 0 radical (unpaired) electrons. The van der Waals surface area contributed by atoms with Crippen LogP contribution >= 0.6 is 0 Å². The maximum atomic E-state index is 13.0. The predicted molar refractivity (Wildman–Crippen MR) is 114 cm³/mol. The van der Waals surface area contributed by atoms with Crippen LogP contribution in [0.15, 0.2) is 24.3 Å². The first-order valence-electron chi connectivity index (χ1n) is 10.9. The Morgan fingerprint density at radius 2 is 1.73 bits per heavy atom. The summed E-state index contributed by atoms with van der Waals surface area (Å²) >= 11 is 0. The summed E-state index contributed by atoms with van der Waals surface area (Å²) in [6.07, 6.45) is 0.677. The smallest absolute Gasteiger partial charge is 0.409 e. The molecule has 164 valence electrons. The number of ether oxygens (including phenoxy) is 1. The fraction of sp³-hybridized carbons (Fsp3) is 0.609. The van der Waals surface area contributed by atoms with Gasteiger partial charge in [-0.15, -0.1) is 0 Å². The van der Waals surface area contributed by atoms with Gasteiger partial charge in [-0.05, 0) is 24.8 Å². The van der Waals surface area contributed by atoms with Crippen LogP contribution in [0.3, 0.4) is 0 Å². The molecule has 7 nitrogen and oxygen atoms in total. The van der Waals surface area contributed by atoms with Crippen LogP contribution in [0.25, 0.3) is 0 Å². The predicted octanol–water partition coefficient (Wildman–Crippen LogP) is 2.67. The summed E-state index contributed by atoms with van der Waals surface area (Å²) in [6.45, 7) is 9.58. The molecule has 2 fully saturated rings. The Morgan fingerprint density at radius 3 is 2.43 bits per heavy atom. The second-order valence-corrected chi connectivity index (χ2v) is 8.80. The number of amides is 3. The average molecular weight is 416 g/mol. The Balaban J connectivity index is 1.52. The van der Waals surface area contributed by atoms with E-state index in [9.17, 15) is 14.4 Å². The highest BCUT2D eigenvalue weighted by Crippen LogP contribution is 2.23. The zero-order valence-corrected chi connectivity index (χ0v) is 18.3. The van der Waals surface area contributed by atoms with Crippen molar-refractivity contribution in [2.45, 2.75) is 40.2 Å². The van der Waals surface area contributed by atoms with E-state index in [1.807, 2.05) is 49.9 Å². The van der Waals surface area contributed by atoms with Gasteiger partial charge in [-0.1, -0.05) is 43.7 Å². The van der Waals surface area contributed by atoms with Crippen molar-refractivity contribution in [1.29, 1.82) is 0 Å². The van der Waals surface area contributed by atoms with Gasteiger partial charge in [0.15, 0.2) is 0 Å². The van der Waals surface area contributed by atoms with Crippen molar-refractivity contribution in [2.75, 3.05) is 39.3 Å². The molecule has 1 aromatic rings. The fourth-order valence-electron chi connectivity index (χ4n) is 3.91. The number of benzene rings is 1. The van der Waals surface area contributed by atoms with Crippen LogP contribution in [0.2, 0.25) is 0 Å². The van der Waals surface area contributed by atoms with Gasteiger partial charge in [-0.25, -0.2) is 4.79 Å². The Labute approximate surface area is 179 Å². The molecule has 2 aliphatic heterocycles. The van der Waals surface area contributed by atoms with Gasteiger partial charge in [0.1, 0.15) is 0 Å². The third-order valence-electron chi connectivity index (χ3n) is 5.66. The molecular formula is C23H33N3O4. The Hall–Kier alpha value is -2.57. The Bertz CT molecular complexity index is 762. The molecule has 3 amide bonds. The first kappa shape index (κ1) is 22.1. The zero-order chi connectivity index (χ0) is 21.7. The van der Waals surface area contributed by atoms with Gasteiger partial charge < -0.3 is 19.4 Å². The van der Waals surface area contributed by atoms with Crippen molar-refractivity contribution in [1.82, 2.24) is 14.7 Å². The summed E-state index contributed by atoms with van der Waals surface area (Å²) in [6, 6.07) is 8.13. The van der Waals surface area contributed by atoms with E-state index < -0.39 is 0 Å². The molecule has 0 aromatic heterocycles. The van der Waals surface area contributed by atoms with Crippen LogP contribution in [0.5, 0.6) is 0 Å². The van der Waals surface area contributed by atoms with Gasteiger partial charge in [0, 0.05) is 45.7 Å². The highest BCUT2D eigenvalue weighted by Gasteiger charge is 2.37. The molecule has 30 heavy (non-hydrogen) atoms. The van der Waals surface area contributed by atoms with Gasteiger partial charge in [0.25, 0.3) is 0 Å². The SMILES string of the molecule is Cc1ccc(CN2CC(C(=O)N3CCCN(C(=O)OCC(C)C)CC3)CC2=O)cc1. The molecule has 2 aliphatic rings. The summed E-state index contributed by atoms with van der Waals surface area (Å²) < 4.78 is 5.32. The van der Waals surface area contributed by atoms with Gasteiger partial charge in [-0.2, -0.15) is 0 Å². The molecule has 2 saturated heterocycles. The van der Waals surface area contributed by atoms with Gasteiger partial charge >= 0.3 is 6.09 Å². The molecule has 0 spiro atoms. The van der Waals surface area contributed by atoms with Crippen molar-refractivity contribution < 1.29 is 19.1 Å². The van der Waals surface area contributed by atoms with Crippen molar-refractivity contribution in [2.24, 2.45) is 11.8 Å². The molecule has 0 bridgehead atoms. The van der Waals surface area contributed by atoms with Crippen LogP contribution < -0.4 is 0 Å². The third-order valence-corrected chi connectivity index (χ3v) is 5.66. The number of aryl methyl sites for hydroxylation is 1. The molecule has 2 heterocycles. The highest BCUT2D eigenvalue weighted by atomic mass is 16.6. The lowest BCUT2D eigenvalue weighted by Gasteiger charge is -2.24. The van der Waals surface area contributed by atoms with Crippen LogP contribution in [0.4, 0.5) is 4.79 Å². The summed E-state index contributed by atoms with van der Waals surface area (Å²) in [4.78, 5) is 43.0. The molecule has 0 saturated carbocycles. The van der Waals surface area contributed by atoms with E-state index >= 15 is 0 Å². The van der Waals surface area contributed by atoms with E-state index in [-0.39, 0.29) is 30.2 Å². The molecule has 7 heteroatoms. The number of rotatable bonds is 5. The van der Waals surface area contributed by atoms with Crippen molar-refractivity contribution in [3.8, 4) is 0 Å². The summed E-state index contributed by atoms with van der Waals surface area (Å²) in [7, 11) is 0. The average Bonchev–Trinajstić information content (AvgIpc) is 2.92. The van der Waals surface area contributed by atoms with E-state index in [1.165, 1.54) is 5.56 Å². The van der Waals surface area contributed by atoms with Crippen LogP contribution in [0, 0.1) is 18.8 Å². The monoisotopic (exact) mass is 415 g/mol. The molecule has 1 unspecified atom stereocenters. The fourth-order valence-corrected chi connectivity index (χ4v) is 3.91. The lowest BCUT2D eigenvalue weighted by Crippen LogP contribution is -2.41. The summed E-state index contributed by atoms with van der Waals surface area (Å²) in [5.74, 6) is 0.0407. The van der Waals surface area contributed by atoms with E-state index in [4.69, 9.17) is 4.74 Å². The second-order valence-electron chi connectivity index (χ2n) is 8.80.